The van der Waals surface area contributed by atoms with E-state index in [4.69, 9.17) is 16.3 Å². The summed E-state index contributed by atoms with van der Waals surface area (Å²) in [4.78, 5) is 16.8. The molecule has 0 aliphatic carbocycles. The van der Waals surface area contributed by atoms with Crippen molar-refractivity contribution >= 4 is 38.9 Å². The molecule has 1 saturated heterocycles. The van der Waals surface area contributed by atoms with Crippen molar-refractivity contribution in [2.45, 2.75) is 17.2 Å². The first-order valence-corrected chi connectivity index (χ1v) is 11.3. The maximum Gasteiger partial charge on any atom is 0.364 e. The van der Waals surface area contributed by atoms with E-state index in [1.165, 1.54) is 41.6 Å². The smallest absolute Gasteiger partial charge is 0.364 e. The number of carbonyl (C=O) groups excluding carboxylic acids is 1. The van der Waals surface area contributed by atoms with Crippen molar-refractivity contribution in [2.75, 3.05) is 31.6 Å². The largest absolute Gasteiger partial charge is 0.379 e. The Labute approximate surface area is 187 Å². The number of aromatic nitrogens is 3. The zero-order valence-electron chi connectivity index (χ0n) is 16.8. The number of sulfonamides is 1. The number of hydrogen-bond acceptors (Lipinski definition) is 6. The third-order valence-electron chi connectivity index (χ3n) is 4.80. The van der Waals surface area contributed by atoms with E-state index in [9.17, 15) is 22.0 Å². The molecule has 0 saturated carbocycles. The molecular weight excluding hydrogens is 468 g/mol. The fraction of sp³-hybridized carbons (Fsp3) is 0.316. The number of alkyl halides is 3. The van der Waals surface area contributed by atoms with E-state index in [1.54, 1.807) is 0 Å². The van der Waals surface area contributed by atoms with E-state index in [0.29, 0.717) is 18.9 Å². The number of fused-ring (bicyclic) bond motifs is 1. The molecule has 1 aromatic carbocycles. The summed E-state index contributed by atoms with van der Waals surface area (Å²) in [7, 11) is -3.67. The van der Waals surface area contributed by atoms with Crippen LogP contribution in [0.15, 0.2) is 41.3 Å². The van der Waals surface area contributed by atoms with Crippen LogP contribution in [0.25, 0.3) is 5.65 Å². The van der Waals surface area contributed by atoms with Crippen LogP contribution in [0.4, 0.5) is 14.5 Å². The predicted molar refractivity (Wildman–Crippen MR) is 111 cm³/mol. The van der Waals surface area contributed by atoms with Crippen LogP contribution in [-0.4, -0.2) is 59.5 Å². The highest BCUT2D eigenvalue weighted by molar-refractivity contribution is 7.89. The number of anilines is 1. The summed E-state index contributed by atoms with van der Waals surface area (Å²) in [6.45, 7) is 2.72. The van der Waals surface area contributed by atoms with Gasteiger partial charge in [-0.3, -0.25) is 4.79 Å². The van der Waals surface area contributed by atoms with Gasteiger partial charge in [-0.1, -0.05) is 0 Å². The maximum atomic E-state index is 13.7. The Kier molecular flexibility index (Phi) is 5.88. The Morgan fingerprint density at radius 3 is 2.47 bits per heavy atom. The van der Waals surface area contributed by atoms with Gasteiger partial charge in [-0.25, -0.2) is 17.9 Å². The molecule has 1 aliphatic rings. The lowest BCUT2D eigenvalue weighted by Crippen LogP contribution is -2.40. The molecule has 0 atom stereocenters. The average molecular weight is 486 g/mol. The summed E-state index contributed by atoms with van der Waals surface area (Å²) in [5.74, 6) is -0.680. The molecule has 4 rings (SSSR count). The highest BCUT2D eigenvalue weighted by Crippen LogP contribution is 2.32. The van der Waals surface area contributed by atoms with Gasteiger partial charge in [-0.2, -0.15) is 18.2 Å². The minimum absolute atomic E-state index is 0.0393. The second-order valence-electron chi connectivity index (χ2n) is 7.08. The van der Waals surface area contributed by atoms with Gasteiger partial charge in [0.15, 0.2) is 11.3 Å². The monoisotopic (exact) mass is 485 g/mol. The SMILES string of the molecule is Cc1cc(C(F)(F)Cl)n2nc(C(=O)Nc3ccc(S(=O)(=O)N4CCOCC4)cc3)cc2n1. The molecular formula is C19H18ClF2N5O4S. The molecule has 0 spiro atoms. The highest BCUT2D eigenvalue weighted by Gasteiger charge is 2.33. The third kappa shape index (κ3) is 4.44. The molecule has 1 fully saturated rings. The summed E-state index contributed by atoms with van der Waals surface area (Å²) < 4.78 is 60.1. The van der Waals surface area contributed by atoms with Gasteiger partial charge in [0.2, 0.25) is 10.0 Å². The van der Waals surface area contributed by atoms with Crippen LogP contribution in [0.3, 0.4) is 0 Å². The van der Waals surface area contributed by atoms with Crippen molar-refractivity contribution < 1.29 is 26.7 Å². The number of morpholine rings is 1. The molecule has 3 heterocycles. The van der Waals surface area contributed by atoms with Crippen LogP contribution in [-0.2, 0) is 20.1 Å². The summed E-state index contributed by atoms with van der Waals surface area (Å²) in [6.07, 6.45) is 0. The van der Waals surface area contributed by atoms with Crippen molar-refractivity contribution in [3.8, 4) is 0 Å². The van der Waals surface area contributed by atoms with Gasteiger partial charge in [-0.15, -0.1) is 0 Å². The second kappa shape index (κ2) is 8.35. The first-order chi connectivity index (χ1) is 15.1. The summed E-state index contributed by atoms with van der Waals surface area (Å²) >= 11 is 5.15. The lowest BCUT2D eigenvalue weighted by molar-refractivity contribution is 0.0730. The number of rotatable bonds is 5. The Morgan fingerprint density at radius 2 is 1.84 bits per heavy atom. The first kappa shape index (κ1) is 22.5. The Hall–Kier alpha value is -2.67. The van der Waals surface area contributed by atoms with Gasteiger partial charge < -0.3 is 10.1 Å². The quantitative estimate of drug-likeness (QED) is 0.557. The number of amides is 1. The fourth-order valence-electron chi connectivity index (χ4n) is 3.25. The molecule has 170 valence electrons. The van der Waals surface area contributed by atoms with Crippen molar-refractivity contribution in [1.82, 2.24) is 18.9 Å². The van der Waals surface area contributed by atoms with Gasteiger partial charge in [0.05, 0.1) is 18.1 Å². The molecule has 13 heteroatoms. The van der Waals surface area contributed by atoms with Crippen LogP contribution >= 0.6 is 11.6 Å². The van der Waals surface area contributed by atoms with Gasteiger partial charge in [-0.05, 0) is 48.9 Å². The fourth-order valence-corrected chi connectivity index (χ4v) is 4.80. The van der Waals surface area contributed by atoms with Crippen LogP contribution in [0.2, 0.25) is 0 Å². The summed E-state index contributed by atoms with van der Waals surface area (Å²) in [6, 6.07) is 7.96. The molecule has 0 unspecified atom stereocenters. The molecule has 0 bridgehead atoms. The third-order valence-corrected chi connectivity index (χ3v) is 6.90. The number of carbonyl (C=O) groups is 1. The number of aryl methyl sites for hydroxylation is 1. The topological polar surface area (TPSA) is 106 Å². The summed E-state index contributed by atoms with van der Waals surface area (Å²) in [5.41, 5.74) is -0.136. The molecule has 3 aromatic rings. The number of benzene rings is 1. The summed E-state index contributed by atoms with van der Waals surface area (Å²) in [5, 5.41) is 2.76. The van der Waals surface area contributed by atoms with E-state index < -0.39 is 27.0 Å². The van der Waals surface area contributed by atoms with Crippen molar-refractivity contribution in [3.05, 3.63) is 53.5 Å². The molecule has 1 amide bonds. The second-order valence-corrected chi connectivity index (χ2v) is 9.49. The maximum absolute atomic E-state index is 13.7. The normalized spacial score (nSPS) is 15.8. The molecule has 0 radical (unpaired) electrons. The number of ether oxygens (including phenoxy) is 1. The van der Waals surface area contributed by atoms with Gasteiger partial charge in [0.25, 0.3) is 5.91 Å². The van der Waals surface area contributed by atoms with Crippen LogP contribution in [0.5, 0.6) is 0 Å². The van der Waals surface area contributed by atoms with E-state index >= 15 is 0 Å². The number of nitrogens with zero attached hydrogens (tertiary/aromatic N) is 4. The predicted octanol–water partition coefficient (Wildman–Crippen LogP) is 2.60. The van der Waals surface area contributed by atoms with E-state index in [2.05, 4.69) is 15.4 Å². The zero-order chi connectivity index (χ0) is 23.1. The van der Waals surface area contributed by atoms with Crippen molar-refractivity contribution in [3.63, 3.8) is 0 Å². The van der Waals surface area contributed by atoms with Crippen LogP contribution < -0.4 is 5.32 Å². The minimum Gasteiger partial charge on any atom is -0.379 e. The van der Waals surface area contributed by atoms with Crippen LogP contribution in [0.1, 0.15) is 21.9 Å². The molecule has 2 aromatic heterocycles. The highest BCUT2D eigenvalue weighted by atomic mass is 35.5. The molecule has 9 nitrogen and oxygen atoms in total. The average Bonchev–Trinajstić information content (AvgIpc) is 3.17. The van der Waals surface area contributed by atoms with E-state index in [0.717, 1.165) is 10.6 Å². The van der Waals surface area contributed by atoms with Crippen molar-refractivity contribution in [1.29, 1.82) is 0 Å². The van der Waals surface area contributed by atoms with E-state index in [1.807, 2.05) is 0 Å². The van der Waals surface area contributed by atoms with Crippen LogP contribution in [0, 0.1) is 6.92 Å². The number of nitrogens with one attached hydrogen (secondary N) is 1. The van der Waals surface area contributed by atoms with Gasteiger partial charge >= 0.3 is 5.38 Å². The number of hydrogen-bond donors (Lipinski definition) is 1. The molecule has 1 N–H and O–H groups in total. The Bertz CT molecular complexity index is 1270. The van der Waals surface area contributed by atoms with Gasteiger partial charge in [0, 0.05) is 30.5 Å². The van der Waals surface area contributed by atoms with Crippen molar-refractivity contribution in [2.24, 2.45) is 0 Å². The van der Waals surface area contributed by atoms with Gasteiger partial charge in [0.1, 0.15) is 5.69 Å². The van der Waals surface area contributed by atoms with E-state index in [-0.39, 0.29) is 35.0 Å². The molecule has 32 heavy (non-hydrogen) atoms. The minimum atomic E-state index is -3.70. The zero-order valence-corrected chi connectivity index (χ0v) is 18.3. The standard InChI is InChI=1S/C19H18ClF2N5O4S/c1-12-10-16(19(20,21)22)27-17(23-12)11-15(25-27)18(28)24-13-2-4-14(5-3-13)32(29,30)26-6-8-31-9-7-26/h2-5,10-11H,6-9H2,1H3,(H,24,28). The lowest BCUT2D eigenvalue weighted by Gasteiger charge is -2.26. The first-order valence-electron chi connectivity index (χ1n) is 9.50. The lowest BCUT2D eigenvalue weighted by atomic mass is 10.3. The number of halogens is 3. The Morgan fingerprint density at radius 1 is 1.19 bits per heavy atom. The molecule has 1 aliphatic heterocycles. The Balaban J connectivity index is 1.55.